The maximum atomic E-state index is 12.6. The minimum Gasteiger partial charge on any atom is -0.378 e. The Hall–Kier alpha value is -2.14. The van der Waals surface area contributed by atoms with Gasteiger partial charge < -0.3 is 14.9 Å². The number of amides is 2. The molecule has 1 spiro atoms. The van der Waals surface area contributed by atoms with E-state index < -0.39 is 6.10 Å². The Labute approximate surface area is 148 Å². The molecule has 5 nitrogen and oxygen atoms in total. The number of rotatable bonds is 4. The zero-order valence-electron chi connectivity index (χ0n) is 14.6. The lowest BCUT2D eigenvalue weighted by Crippen LogP contribution is -2.52. The Balaban J connectivity index is 1.60. The first-order valence-corrected chi connectivity index (χ1v) is 8.95. The highest BCUT2D eigenvalue weighted by Crippen LogP contribution is 2.40. The molecule has 0 saturated carbocycles. The van der Waals surface area contributed by atoms with Gasteiger partial charge in [0.1, 0.15) is 0 Å². The Morgan fingerprint density at radius 1 is 1.24 bits per heavy atom. The highest BCUT2D eigenvalue weighted by molar-refractivity contribution is 5.82. The van der Waals surface area contributed by atoms with Gasteiger partial charge in [0.2, 0.25) is 5.91 Å². The maximum Gasteiger partial charge on any atom is 0.256 e. The molecule has 0 aromatic heterocycles. The van der Waals surface area contributed by atoms with Crippen LogP contribution < -0.4 is 0 Å². The van der Waals surface area contributed by atoms with Crippen LogP contribution in [-0.4, -0.2) is 52.9 Å². The highest BCUT2D eigenvalue weighted by Gasteiger charge is 2.42. The van der Waals surface area contributed by atoms with Gasteiger partial charge in [-0.25, -0.2) is 0 Å². The van der Waals surface area contributed by atoms with E-state index in [2.05, 4.69) is 6.58 Å². The zero-order chi connectivity index (χ0) is 17.9. The average molecular weight is 342 g/mol. The monoisotopic (exact) mass is 342 g/mol. The first-order chi connectivity index (χ1) is 12.0. The summed E-state index contributed by atoms with van der Waals surface area (Å²) in [5.41, 5.74) is 0.735. The number of carbonyl (C=O) groups excluding carboxylic acids is 2. The van der Waals surface area contributed by atoms with Gasteiger partial charge in [0.05, 0.1) is 0 Å². The minimum atomic E-state index is -1.10. The molecule has 25 heavy (non-hydrogen) atoms. The molecule has 5 heteroatoms. The summed E-state index contributed by atoms with van der Waals surface area (Å²) in [6.07, 6.45) is 3.89. The number of hydrogen-bond acceptors (Lipinski definition) is 3. The van der Waals surface area contributed by atoms with Gasteiger partial charge in [-0.3, -0.25) is 9.59 Å². The minimum absolute atomic E-state index is 0.103. The van der Waals surface area contributed by atoms with Crippen LogP contribution in [-0.2, 0) is 9.59 Å². The first kappa shape index (κ1) is 17.7. The highest BCUT2D eigenvalue weighted by atomic mass is 16.3. The second kappa shape index (κ2) is 7.40. The molecule has 3 rings (SSSR count). The van der Waals surface area contributed by atoms with Crippen molar-refractivity contribution in [2.45, 2.75) is 31.8 Å². The van der Waals surface area contributed by atoms with Crippen molar-refractivity contribution < 1.29 is 14.7 Å². The summed E-state index contributed by atoms with van der Waals surface area (Å²) in [7, 11) is 0. The summed E-state index contributed by atoms with van der Waals surface area (Å²) in [5.74, 6) is -0.0283. The van der Waals surface area contributed by atoms with Crippen LogP contribution in [0.25, 0.3) is 0 Å². The third-order valence-electron chi connectivity index (χ3n) is 5.58. The van der Waals surface area contributed by atoms with Crippen molar-refractivity contribution in [3.63, 3.8) is 0 Å². The third kappa shape index (κ3) is 3.76. The van der Waals surface area contributed by atoms with E-state index in [9.17, 15) is 14.7 Å². The lowest BCUT2D eigenvalue weighted by molar-refractivity contribution is -0.146. The van der Waals surface area contributed by atoms with Gasteiger partial charge >= 0.3 is 0 Å². The number of likely N-dealkylation sites (tertiary alicyclic amines) is 2. The molecule has 0 bridgehead atoms. The largest absolute Gasteiger partial charge is 0.378 e. The smallest absolute Gasteiger partial charge is 0.256 e. The summed E-state index contributed by atoms with van der Waals surface area (Å²) < 4.78 is 0. The van der Waals surface area contributed by atoms with Crippen molar-refractivity contribution in [1.29, 1.82) is 0 Å². The number of hydrogen-bond donors (Lipinski definition) is 1. The van der Waals surface area contributed by atoms with E-state index in [4.69, 9.17) is 0 Å². The molecule has 0 unspecified atom stereocenters. The molecule has 1 N–H and O–H groups in total. The fraction of sp³-hybridized carbons (Fsp3) is 0.500. The van der Waals surface area contributed by atoms with Crippen LogP contribution in [0.4, 0.5) is 0 Å². The average Bonchev–Trinajstić information content (AvgIpc) is 2.65. The van der Waals surface area contributed by atoms with Gasteiger partial charge in [0.15, 0.2) is 6.10 Å². The molecule has 0 aliphatic carbocycles. The lowest BCUT2D eigenvalue weighted by Gasteiger charge is -2.47. The number of aliphatic hydroxyl groups is 1. The topological polar surface area (TPSA) is 60.9 Å². The fourth-order valence-electron chi connectivity index (χ4n) is 3.98. The van der Waals surface area contributed by atoms with Gasteiger partial charge in [-0.2, -0.15) is 0 Å². The van der Waals surface area contributed by atoms with E-state index >= 15 is 0 Å². The van der Waals surface area contributed by atoms with Gasteiger partial charge in [-0.1, -0.05) is 36.4 Å². The fourth-order valence-corrected chi connectivity index (χ4v) is 3.98. The van der Waals surface area contributed by atoms with E-state index in [0.29, 0.717) is 31.6 Å². The van der Waals surface area contributed by atoms with Crippen molar-refractivity contribution in [2.75, 3.05) is 26.2 Å². The zero-order valence-corrected chi connectivity index (χ0v) is 14.6. The molecule has 2 aliphatic heterocycles. The number of nitrogens with zero attached hydrogens (tertiary/aromatic N) is 2. The molecule has 134 valence electrons. The molecular formula is C20H26N2O3. The molecule has 0 radical (unpaired) electrons. The van der Waals surface area contributed by atoms with Crippen molar-refractivity contribution in [2.24, 2.45) is 5.41 Å². The Kier molecular flexibility index (Phi) is 5.23. The van der Waals surface area contributed by atoms with E-state index in [0.717, 1.165) is 25.8 Å². The van der Waals surface area contributed by atoms with Crippen LogP contribution in [0, 0.1) is 5.41 Å². The number of carbonyl (C=O) groups is 2. The summed E-state index contributed by atoms with van der Waals surface area (Å²) in [6, 6.07) is 9.06. The van der Waals surface area contributed by atoms with Crippen LogP contribution in [0.15, 0.2) is 43.0 Å². The summed E-state index contributed by atoms with van der Waals surface area (Å²) in [5, 5.41) is 10.3. The van der Waals surface area contributed by atoms with Crippen molar-refractivity contribution >= 4 is 11.8 Å². The summed E-state index contributed by atoms with van der Waals surface area (Å²) in [6.45, 7) is 6.35. The Morgan fingerprint density at radius 2 is 1.92 bits per heavy atom. The Morgan fingerprint density at radius 3 is 2.56 bits per heavy atom. The second-order valence-corrected chi connectivity index (χ2v) is 7.20. The summed E-state index contributed by atoms with van der Waals surface area (Å²) >= 11 is 0. The molecule has 2 heterocycles. The summed E-state index contributed by atoms with van der Waals surface area (Å²) in [4.78, 5) is 28.2. The van der Waals surface area contributed by atoms with Crippen LogP contribution >= 0.6 is 0 Å². The van der Waals surface area contributed by atoms with E-state index in [-0.39, 0.29) is 17.2 Å². The van der Waals surface area contributed by atoms with Gasteiger partial charge in [0, 0.05) is 32.6 Å². The number of benzene rings is 1. The normalized spacial score (nSPS) is 21.2. The lowest BCUT2D eigenvalue weighted by atomic mass is 9.72. The van der Waals surface area contributed by atoms with E-state index in [1.165, 1.54) is 0 Å². The van der Waals surface area contributed by atoms with Crippen LogP contribution in [0.1, 0.15) is 37.4 Å². The predicted octanol–water partition coefficient (Wildman–Crippen LogP) is 2.14. The molecule has 1 atom stereocenters. The van der Waals surface area contributed by atoms with Crippen LogP contribution in [0.3, 0.4) is 0 Å². The van der Waals surface area contributed by atoms with Gasteiger partial charge in [-0.15, -0.1) is 6.58 Å². The predicted molar refractivity (Wildman–Crippen MR) is 95.7 cm³/mol. The Bertz CT molecular complexity index is 636. The SMILES string of the molecule is C=CCN1CC2(CCC1=O)CCN(C(=O)[C@@H](O)c1ccccc1)CC2. The standard InChI is InChI=1S/C20H26N2O3/c1-2-12-22-15-20(9-8-17(22)23)10-13-21(14-11-20)19(25)18(24)16-6-4-3-5-7-16/h2-7,18,24H,1,8-15H2/t18-/m0/s1. The number of piperidine rings is 2. The van der Waals surface area contributed by atoms with Crippen LogP contribution in [0.2, 0.25) is 0 Å². The van der Waals surface area contributed by atoms with Gasteiger partial charge in [0.25, 0.3) is 5.91 Å². The van der Waals surface area contributed by atoms with Crippen molar-refractivity contribution in [3.8, 4) is 0 Å². The van der Waals surface area contributed by atoms with Gasteiger partial charge in [-0.05, 0) is 30.2 Å². The molecule has 2 saturated heterocycles. The molecular weight excluding hydrogens is 316 g/mol. The molecule has 2 fully saturated rings. The van der Waals surface area contributed by atoms with E-state index in [1.807, 2.05) is 23.1 Å². The van der Waals surface area contributed by atoms with E-state index in [1.54, 1.807) is 23.1 Å². The van der Waals surface area contributed by atoms with Crippen molar-refractivity contribution in [3.05, 3.63) is 48.6 Å². The van der Waals surface area contributed by atoms with Crippen LogP contribution in [0.5, 0.6) is 0 Å². The quantitative estimate of drug-likeness (QED) is 0.853. The molecule has 1 aromatic carbocycles. The first-order valence-electron chi connectivity index (χ1n) is 8.95. The third-order valence-corrected chi connectivity index (χ3v) is 5.58. The second-order valence-electron chi connectivity index (χ2n) is 7.20. The molecule has 2 amide bonds. The number of aliphatic hydroxyl groups excluding tert-OH is 1. The molecule has 2 aliphatic rings. The maximum absolute atomic E-state index is 12.6. The molecule has 1 aromatic rings. The van der Waals surface area contributed by atoms with Crippen molar-refractivity contribution in [1.82, 2.24) is 9.80 Å².